The summed E-state index contributed by atoms with van der Waals surface area (Å²) >= 11 is 0. The fraction of sp³-hybridized carbons (Fsp3) is 0.588. The van der Waals surface area contributed by atoms with Crippen molar-refractivity contribution < 1.29 is 34.0 Å². The Labute approximate surface area is 253 Å². The monoisotopic (exact) mass is 592 g/mol. The van der Waals surface area contributed by atoms with Gasteiger partial charge in [0.2, 0.25) is 0 Å². The van der Waals surface area contributed by atoms with Crippen LogP contribution < -0.4 is 14.8 Å². The van der Waals surface area contributed by atoms with Crippen molar-refractivity contribution in [3.8, 4) is 11.5 Å². The Bertz CT molecular complexity index is 1400. The number of likely N-dealkylation sites (tertiary alicyclic amines) is 1. The third-order valence-corrected chi connectivity index (χ3v) is 10.2. The highest BCUT2D eigenvalue weighted by Gasteiger charge is 2.70. The van der Waals surface area contributed by atoms with E-state index in [4.69, 9.17) is 14.2 Å². The minimum absolute atomic E-state index is 0.109. The Morgan fingerprint density at radius 2 is 1.81 bits per heavy atom. The highest BCUT2D eigenvalue weighted by Crippen LogP contribution is 2.62. The minimum Gasteiger partial charge on any atom is -0.482 e. The van der Waals surface area contributed by atoms with Crippen LogP contribution in [0.1, 0.15) is 87.7 Å². The molecule has 3 fully saturated rings. The Morgan fingerprint density at radius 3 is 2.47 bits per heavy atom. The molecule has 5 atom stereocenters. The molecule has 4 aliphatic rings. The molecule has 0 unspecified atom stereocenters. The topological polar surface area (TPSA) is 118 Å². The lowest BCUT2D eigenvalue weighted by molar-refractivity contribution is -0.201. The number of hydrogen-bond donors (Lipinski definition) is 3. The summed E-state index contributed by atoms with van der Waals surface area (Å²) in [7, 11) is 0. The van der Waals surface area contributed by atoms with Crippen LogP contribution in [0.3, 0.4) is 0 Å². The zero-order chi connectivity index (χ0) is 30.7. The van der Waals surface area contributed by atoms with Crippen LogP contribution in [0, 0.1) is 12.8 Å². The van der Waals surface area contributed by atoms with Crippen LogP contribution in [-0.2, 0) is 10.2 Å². The summed E-state index contributed by atoms with van der Waals surface area (Å²) in [5, 5.41) is 26.5. The lowest BCUT2D eigenvalue weighted by Crippen LogP contribution is -2.74. The van der Waals surface area contributed by atoms with Gasteiger partial charge in [0.05, 0.1) is 22.7 Å². The van der Waals surface area contributed by atoms with E-state index >= 15 is 0 Å². The molecule has 1 saturated heterocycles. The van der Waals surface area contributed by atoms with E-state index in [0.717, 1.165) is 24.2 Å². The van der Waals surface area contributed by atoms with E-state index in [-0.39, 0.29) is 11.8 Å². The van der Waals surface area contributed by atoms with Gasteiger partial charge < -0.3 is 24.4 Å². The molecule has 3 N–H and O–H groups in total. The number of benzene rings is 2. The summed E-state index contributed by atoms with van der Waals surface area (Å²) in [5.41, 5.74) is 0.0722. The normalized spacial score (nSPS) is 30.3. The quantitative estimate of drug-likeness (QED) is 0.399. The van der Waals surface area contributed by atoms with Crippen LogP contribution in [0.5, 0.6) is 11.5 Å². The number of aliphatic hydroxyl groups excluding tert-OH is 1. The maximum absolute atomic E-state index is 13.0. The van der Waals surface area contributed by atoms with Gasteiger partial charge >= 0.3 is 12.1 Å². The maximum atomic E-state index is 13.0. The number of carbonyl (C=O) groups is 2. The summed E-state index contributed by atoms with van der Waals surface area (Å²) in [6.07, 6.45) is 3.23. The first-order valence-corrected chi connectivity index (χ1v) is 15.6. The molecule has 2 aliphatic carbocycles. The SMILES string of the molecule is Cc1ccc(OC(=O)Nc2ccc(C(=O)OC(C)(C)C)cc2)c2c1[C@]13CCN(CC4CCC4)[C@H](C)[C@]1(O)CC[C@H](O)[C@@H]3O2. The van der Waals surface area contributed by atoms with Gasteiger partial charge in [-0.05, 0) is 115 Å². The Hall–Kier alpha value is -3.14. The fourth-order valence-corrected chi connectivity index (χ4v) is 7.80. The summed E-state index contributed by atoms with van der Waals surface area (Å²) in [6, 6.07) is 9.88. The first-order chi connectivity index (χ1) is 20.3. The second-order valence-electron chi connectivity index (χ2n) is 13.9. The average molecular weight is 593 g/mol. The lowest BCUT2D eigenvalue weighted by atomic mass is 9.52. The summed E-state index contributed by atoms with van der Waals surface area (Å²) in [4.78, 5) is 27.8. The van der Waals surface area contributed by atoms with Crippen LogP contribution in [0.4, 0.5) is 10.5 Å². The van der Waals surface area contributed by atoms with Crippen LogP contribution in [-0.4, -0.2) is 69.7 Å². The van der Waals surface area contributed by atoms with Gasteiger partial charge in [0, 0.05) is 23.8 Å². The van der Waals surface area contributed by atoms with Crippen molar-refractivity contribution in [1.29, 1.82) is 0 Å². The van der Waals surface area contributed by atoms with Gasteiger partial charge in [0.15, 0.2) is 11.5 Å². The van der Waals surface area contributed by atoms with Crippen molar-refractivity contribution in [3.63, 3.8) is 0 Å². The molecule has 9 nitrogen and oxygen atoms in total. The zero-order valence-electron chi connectivity index (χ0n) is 25.8. The molecule has 2 saturated carbocycles. The van der Waals surface area contributed by atoms with Gasteiger partial charge in [-0.15, -0.1) is 0 Å². The van der Waals surface area contributed by atoms with E-state index in [9.17, 15) is 19.8 Å². The van der Waals surface area contributed by atoms with Crippen LogP contribution >= 0.6 is 0 Å². The number of aliphatic hydroxyl groups is 2. The van der Waals surface area contributed by atoms with Crippen molar-refractivity contribution in [2.24, 2.45) is 5.92 Å². The molecule has 1 spiro atoms. The van der Waals surface area contributed by atoms with Gasteiger partial charge in [-0.25, -0.2) is 9.59 Å². The molecule has 232 valence electrons. The standard InChI is InChI=1S/C34H44N2O7/c1-20-9-14-26(41-31(39)35-24-12-10-23(11-13-24)30(38)43-32(3,4)5)28-27(20)33-17-18-36(19-22-7-6-8-22)21(2)34(33,40)16-15-25(37)29(33)42-28/h9-14,21-22,25,29,37,40H,6-8,15-19H2,1-5H3,(H,35,39)/t21-,25+,29+,33+,34-/m1/s1. The second kappa shape index (κ2) is 10.8. The number of rotatable bonds is 5. The number of nitrogens with one attached hydrogen (secondary N) is 1. The second-order valence-corrected chi connectivity index (χ2v) is 13.9. The molecular weight excluding hydrogens is 548 g/mol. The first-order valence-electron chi connectivity index (χ1n) is 15.6. The number of esters is 1. The number of hydrogen-bond acceptors (Lipinski definition) is 8. The number of nitrogens with zero attached hydrogens (tertiary/aromatic N) is 1. The fourth-order valence-electron chi connectivity index (χ4n) is 7.80. The lowest BCUT2D eigenvalue weighted by Gasteiger charge is -2.61. The smallest absolute Gasteiger partial charge is 0.417 e. The van der Waals surface area contributed by atoms with E-state index in [2.05, 4.69) is 17.1 Å². The molecular formula is C34H44N2O7. The van der Waals surface area contributed by atoms with Crippen LogP contribution in [0.15, 0.2) is 36.4 Å². The molecule has 0 bridgehead atoms. The van der Waals surface area contributed by atoms with Crippen molar-refractivity contribution in [1.82, 2.24) is 4.90 Å². The zero-order valence-corrected chi connectivity index (χ0v) is 25.8. The minimum atomic E-state index is -1.11. The van der Waals surface area contributed by atoms with Gasteiger partial charge in [0.25, 0.3) is 0 Å². The van der Waals surface area contributed by atoms with E-state index in [1.54, 1.807) is 51.1 Å². The summed E-state index contributed by atoms with van der Waals surface area (Å²) < 4.78 is 17.7. The Kier molecular flexibility index (Phi) is 7.50. The van der Waals surface area contributed by atoms with Crippen molar-refractivity contribution in [2.75, 3.05) is 18.4 Å². The molecule has 9 heteroatoms. The summed E-state index contributed by atoms with van der Waals surface area (Å²) in [5.74, 6) is 0.900. The van der Waals surface area contributed by atoms with E-state index < -0.39 is 40.9 Å². The molecule has 0 aromatic heterocycles. The molecule has 43 heavy (non-hydrogen) atoms. The predicted octanol–water partition coefficient (Wildman–Crippen LogP) is 5.34. The molecule has 1 amide bonds. The third kappa shape index (κ3) is 5.09. The van der Waals surface area contributed by atoms with E-state index in [1.807, 2.05) is 13.0 Å². The average Bonchev–Trinajstić information content (AvgIpc) is 3.28. The first kappa shape index (κ1) is 29.9. The Morgan fingerprint density at radius 1 is 1.09 bits per heavy atom. The number of anilines is 1. The number of piperidine rings is 1. The van der Waals surface area contributed by atoms with Crippen LogP contribution in [0.2, 0.25) is 0 Å². The highest BCUT2D eigenvalue weighted by atomic mass is 16.6. The van der Waals surface area contributed by atoms with Crippen molar-refractivity contribution >= 4 is 17.7 Å². The largest absolute Gasteiger partial charge is 0.482 e. The highest BCUT2D eigenvalue weighted by molar-refractivity contribution is 5.91. The number of fused-ring (bicyclic) bond motifs is 1. The van der Waals surface area contributed by atoms with Crippen molar-refractivity contribution in [2.45, 2.75) is 108 Å². The van der Waals surface area contributed by atoms with Gasteiger partial charge in [-0.3, -0.25) is 10.2 Å². The molecule has 2 aromatic rings. The number of ether oxygens (including phenoxy) is 3. The number of aryl methyl sites for hydroxylation is 1. The molecule has 6 rings (SSSR count). The van der Waals surface area contributed by atoms with Crippen molar-refractivity contribution in [3.05, 3.63) is 53.1 Å². The van der Waals surface area contributed by atoms with Gasteiger partial charge in [-0.2, -0.15) is 0 Å². The Balaban J connectivity index is 1.24. The third-order valence-electron chi connectivity index (χ3n) is 10.2. The van der Waals surface area contributed by atoms with Crippen LogP contribution in [0.25, 0.3) is 0 Å². The number of amides is 1. The maximum Gasteiger partial charge on any atom is 0.417 e. The van der Waals surface area contributed by atoms with Gasteiger partial charge in [0.1, 0.15) is 11.7 Å². The predicted molar refractivity (Wildman–Crippen MR) is 162 cm³/mol. The number of carbonyl (C=O) groups excluding carboxylic acids is 2. The van der Waals surface area contributed by atoms with E-state index in [1.165, 1.54) is 19.3 Å². The molecule has 2 aliphatic heterocycles. The molecule has 0 radical (unpaired) electrons. The summed E-state index contributed by atoms with van der Waals surface area (Å²) in [6.45, 7) is 11.3. The molecule has 2 aromatic carbocycles. The van der Waals surface area contributed by atoms with Gasteiger partial charge in [-0.1, -0.05) is 12.5 Å². The molecule has 2 heterocycles. The van der Waals surface area contributed by atoms with E-state index in [0.29, 0.717) is 42.2 Å².